The molecule has 1 fully saturated rings. The van der Waals surface area contributed by atoms with Crippen LogP contribution < -0.4 is 15.4 Å². The molecular weight excluding hydrogens is 252 g/mol. The van der Waals surface area contributed by atoms with E-state index in [2.05, 4.69) is 16.7 Å². The molecule has 1 aliphatic rings. The number of amides is 1. The third kappa shape index (κ3) is 4.85. The molecule has 1 aliphatic heterocycles. The molecule has 1 saturated heterocycles. The second-order valence-corrected chi connectivity index (χ2v) is 5.53. The molecule has 0 radical (unpaired) electrons. The van der Waals surface area contributed by atoms with Gasteiger partial charge in [0.1, 0.15) is 5.75 Å². The molecule has 0 unspecified atom stereocenters. The first-order valence-electron chi connectivity index (χ1n) is 7.34. The van der Waals surface area contributed by atoms with Crippen molar-refractivity contribution in [3.8, 4) is 5.75 Å². The molecule has 4 heteroatoms. The van der Waals surface area contributed by atoms with Gasteiger partial charge in [0, 0.05) is 12.6 Å². The lowest BCUT2D eigenvalue weighted by Gasteiger charge is -2.23. The number of carbonyl (C=O) groups excluding carboxylic acids is 1. The van der Waals surface area contributed by atoms with Crippen molar-refractivity contribution in [2.45, 2.75) is 39.2 Å². The standard InChI is InChI=1S/C16H24N2O2/c1-12-8-13(2)10-15(9-12)20-7-5-16(19)18-14-4-3-6-17-11-14/h8-10,14,17H,3-7,11H2,1-2H3,(H,18,19)/t14-/m0/s1. The fourth-order valence-corrected chi connectivity index (χ4v) is 2.55. The van der Waals surface area contributed by atoms with Gasteiger partial charge in [-0.25, -0.2) is 0 Å². The maximum Gasteiger partial charge on any atom is 0.223 e. The minimum Gasteiger partial charge on any atom is -0.493 e. The summed E-state index contributed by atoms with van der Waals surface area (Å²) in [6, 6.07) is 6.37. The molecule has 1 aromatic rings. The van der Waals surface area contributed by atoms with E-state index in [1.54, 1.807) is 0 Å². The molecule has 0 aliphatic carbocycles. The zero-order valence-electron chi connectivity index (χ0n) is 12.4. The van der Waals surface area contributed by atoms with Crippen LogP contribution in [0.5, 0.6) is 5.75 Å². The molecule has 2 N–H and O–H groups in total. The van der Waals surface area contributed by atoms with E-state index in [1.807, 2.05) is 26.0 Å². The Kier molecular flexibility index (Phi) is 5.41. The molecule has 0 aromatic heterocycles. The van der Waals surface area contributed by atoms with E-state index in [1.165, 1.54) is 11.1 Å². The van der Waals surface area contributed by atoms with E-state index < -0.39 is 0 Å². The summed E-state index contributed by atoms with van der Waals surface area (Å²) in [7, 11) is 0. The van der Waals surface area contributed by atoms with Gasteiger partial charge in [0.2, 0.25) is 5.91 Å². The number of rotatable bonds is 5. The van der Waals surface area contributed by atoms with Gasteiger partial charge in [0.15, 0.2) is 0 Å². The van der Waals surface area contributed by atoms with Crippen LogP contribution in [0.3, 0.4) is 0 Å². The highest BCUT2D eigenvalue weighted by molar-refractivity contribution is 5.76. The largest absolute Gasteiger partial charge is 0.493 e. The van der Waals surface area contributed by atoms with Crippen LogP contribution in [0.25, 0.3) is 0 Å². The number of piperidine rings is 1. The fraction of sp³-hybridized carbons (Fsp3) is 0.562. The highest BCUT2D eigenvalue weighted by atomic mass is 16.5. The summed E-state index contributed by atoms with van der Waals surface area (Å²) in [6.45, 7) is 6.45. The van der Waals surface area contributed by atoms with Crippen LogP contribution in [0.15, 0.2) is 18.2 Å². The highest BCUT2D eigenvalue weighted by Crippen LogP contribution is 2.16. The first kappa shape index (κ1) is 14.9. The predicted molar refractivity (Wildman–Crippen MR) is 80.1 cm³/mol. The van der Waals surface area contributed by atoms with E-state index in [9.17, 15) is 4.79 Å². The van der Waals surface area contributed by atoms with Crippen molar-refractivity contribution in [2.75, 3.05) is 19.7 Å². The summed E-state index contributed by atoms with van der Waals surface area (Å²) in [5, 5.41) is 6.34. The van der Waals surface area contributed by atoms with Crippen molar-refractivity contribution >= 4 is 5.91 Å². The van der Waals surface area contributed by atoms with E-state index in [0.717, 1.165) is 31.7 Å². The summed E-state index contributed by atoms with van der Waals surface area (Å²) in [6.07, 6.45) is 2.60. The summed E-state index contributed by atoms with van der Waals surface area (Å²) >= 11 is 0. The van der Waals surface area contributed by atoms with Crippen LogP contribution in [0, 0.1) is 13.8 Å². The molecule has 1 amide bonds. The molecule has 0 bridgehead atoms. The Bertz CT molecular complexity index is 434. The molecular formula is C16H24N2O2. The molecule has 1 atom stereocenters. The minimum absolute atomic E-state index is 0.0723. The molecule has 110 valence electrons. The predicted octanol–water partition coefficient (Wildman–Crippen LogP) is 1.94. The Hall–Kier alpha value is -1.55. The van der Waals surface area contributed by atoms with Gasteiger partial charge in [-0.1, -0.05) is 6.07 Å². The SMILES string of the molecule is Cc1cc(C)cc(OCCC(=O)N[C@H]2CCCNC2)c1. The summed E-state index contributed by atoms with van der Waals surface area (Å²) in [5.41, 5.74) is 2.36. The van der Waals surface area contributed by atoms with Gasteiger partial charge < -0.3 is 15.4 Å². The Morgan fingerprint density at radius 1 is 1.35 bits per heavy atom. The number of ether oxygens (including phenoxy) is 1. The van der Waals surface area contributed by atoms with Crippen LogP contribution in [0.4, 0.5) is 0 Å². The van der Waals surface area contributed by atoms with Crippen molar-refractivity contribution in [3.63, 3.8) is 0 Å². The second kappa shape index (κ2) is 7.29. The molecule has 1 aromatic carbocycles. The Morgan fingerprint density at radius 3 is 2.75 bits per heavy atom. The van der Waals surface area contributed by atoms with Gasteiger partial charge in [-0.05, 0) is 56.5 Å². The summed E-state index contributed by atoms with van der Waals surface area (Å²) in [4.78, 5) is 11.8. The second-order valence-electron chi connectivity index (χ2n) is 5.53. The van der Waals surface area contributed by atoms with Gasteiger partial charge in [-0.15, -0.1) is 0 Å². The lowest BCUT2D eigenvalue weighted by molar-refractivity contribution is -0.122. The number of hydrogen-bond donors (Lipinski definition) is 2. The third-order valence-electron chi connectivity index (χ3n) is 3.46. The first-order valence-corrected chi connectivity index (χ1v) is 7.34. The quantitative estimate of drug-likeness (QED) is 0.864. The lowest BCUT2D eigenvalue weighted by Crippen LogP contribution is -2.45. The molecule has 4 nitrogen and oxygen atoms in total. The van der Waals surface area contributed by atoms with E-state index in [0.29, 0.717) is 13.0 Å². The normalized spacial score (nSPS) is 18.6. The number of aryl methyl sites for hydroxylation is 2. The van der Waals surface area contributed by atoms with Crippen LogP contribution >= 0.6 is 0 Å². The Labute approximate surface area is 120 Å². The molecule has 1 heterocycles. The zero-order chi connectivity index (χ0) is 14.4. The van der Waals surface area contributed by atoms with Crippen LogP contribution in [-0.2, 0) is 4.79 Å². The first-order chi connectivity index (χ1) is 9.63. The Morgan fingerprint density at radius 2 is 2.10 bits per heavy atom. The van der Waals surface area contributed by atoms with Crippen LogP contribution in [0.1, 0.15) is 30.4 Å². The van der Waals surface area contributed by atoms with E-state index in [-0.39, 0.29) is 11.9 Å². The molecule has 20 heavy (non-hydrogen) atoms. The van der Waals surface area contributed by atoms with E-state index >= 15 is 0 Å². The zero-order valence-corrected chi connectivity index (χ0v) is 12.4. The Balaban J connectivity index is 1.70. The van der Waals surface area contributed by atoms with Gasteiger partial charge in [-0.3, -0.25) is 4.79 Å². The van der Waals surface area contributed by atoms with E-state index in [4.69, 9.17) is 4.74 Å². The lowest BCUT2D eigenvalue weighted by atomic mass is 10.1. The number of carbonyl (C=O) groups is 1. The topological polar surface area (TPSA) is 50.4 Å². The van der Waals surface area contributed by atoms with Gasteiger partial charge in [-0.2, -0.15) is 0 Å². The molecule has 2 rings (SSSR count). The maximum atomic E-state index is 11.8. The average molecular weight is 276 g/mol. The van der Waals surface area contributed by atoms with Crippen molar-refractivity contribution in [1.29, 1.82) is 0 Å². The summed E-state index contributed by atoms with van der Waals surface area (Å²) in [5.74, 6) is 0.915. The number of hydrogen-bond acceptors (Lipinski definition) is 3. The van der Waals surface area contributed by atoms with Crippen LogP contribution in [-0.4, -0.2) is 31.6 Å². The molecule has 0 saturated carbocycles. The third-order valence-corrected chi connectivity index (χ3v) is 3.46. The van der Waals surface area contributed by atoms with Crippen molar-refractivity contribution < 1.29 is 9.53 Å². The van der Waals surface area contributed by atoms with Gasteiger partial charge in [0.05, 0.1) is 13.0 Å². The molecule has 0 spiro atoms. The maximum absolute atomic E-state index is 11.8. The van der Waals surface area contributed by atoms with Crippen molar-refractivity contribution in [3.05, 3.63) is 29.3 Å². The highest BCUT2D eigenvalue weighted by Gasteiger charge is 2.14. The smallest absolute Gasteiger partial charge is 0.223 e. The van der Waals surface area contributed by atoms with Gasteiger partial charge >= 0.3 is 0 Å². The van der Waals surface area contributed by atoms with Crippen LogP contribution in [0.2, 0.25) is 0 Å². The average Bonchev–Trinajstić information content (AvgIpc) is 2.38. The van der Waals surface area contributed by atoms with Gasteiger partial charge in [0.25, 0.3) is 0 Å². The number of benzene rings is 1. The fourth-order valence-electron chi connectivity index (χ4n) is 2.55. The number of nitrogens with one attached hydrogen (secondary N) is 2. The van der Waals surface area contributed by atoms with Crippen molar-refractivity contribution in [2.24, 2.45) is 0 Å². The van der Waals surface area contributed by atoms with Crippen molar-refractivity contribution in [1.82, 2.24) is 10.6 Å². The summed E-state index contributed by atoms with van der Waals surface area (Å²) < 4.78 is 5.65. The monoisotopic (exact) mass is 276 g/mol. The minimum atomic E-state index is 0.0723.